The summed E-state index contributed by atoms with van der Waals surface area (Å²) >= 11 is 5.78. The van der Waals surface area contributed by atoms with Crippen molar-refractivity contribution in [3.05, 3.63) is 64.9 Å². The molecule has 4 nitrogen and oxygen atoms in total. The van der Waals surface area contributed by atoms with Crippen LogP contribution in [0.3, 0.4) is 0 Å². The Morgan fingerprint density at radius 1 is 1.17 bits per heavy atom. The minimum absolute atomic E-state index is 0.00680. The van der Waals surface area contributed by atoms with Gasteiger partial charge >= 0.3 is 0 Å². The lowest BCUT2D eigenvalue weighted by Gasteiger charge is -2.13. The number of aliphatic hydroxyl groups excluding tert-OH is 1. The van der Waals surface area contributed by atoms with E-state index in [1.54, 1.807) is 24.3 Å². The van der Waals surface area contributed by atoms with Crippen molar-refractivity contribution in [1.82, 2.24) is 5.32 Å². The maximum Gasteiger partial charge on any atom is 0.224 e. The molecule has 23 heavy (non-hydrogen) atoms. The Labute approximate surface area is 138 Å². The van der Waals surface area contributed by atoms with Crippen LogP contribution in [-0.4, -0.2) is 30.3 Å². The number of carbonyl (C=O) groups excluding carboxylic acids is 1. The number of carbonyl (C=O) groups is 1. The van der Waals surface area contributed by atoms with E-state index in [1.807, 2.05) is 0 Å². The van der Waals surface area contributed by atoms with Crippen LogP contribution >= 0.6 is 11.6 Å². The molecule has 0 aliphatic carbocycles. The number of hydrogen-bond acceptors (Lipinski definition) is 3. The molecule has 0 bridgehead atoms. The Bertz CT molecular complexity index is 631. The van der Waals surface area contributed by atoms with Crippen LogP contribution in [0.4, 0.5) is 4.39 Å². The van der Waals surface area contributed by atoms with Gasteiger partial charge in [0.25, 0.3) is 0 Å². The zero-order chi connectivity index (χ0) is 16.7. The molecule has 1 unspecified atom stereocenters. The summed E-state index contributed by atoms with van der Waals surface area (Å²) in [6.07, 6.45) is -0.642. The smallest absolute Gasteiger partial charge is 0.224 e. The highest BCUT2D eigenvalue weighted by atomic mass is 35.5. The van der Waals surface area contributed by atoms with Gasteiger partial charge in [-0.15, -0.1) is 0 Å². The molecule has 0 aliphatic heterocycles. The minimum Gasteiger partial charge on any atom is -0.491 e. The second kappa shape index (κ2) is 8.50. The summed E-state index contributed by atoms with van der Waals surface area (Å²) < 4.78 is 18.0. The van der Waals surface area contributed by atoms with E-state index < -0.39 is 6.10 Å². The second-order valence-corrected chi connectivity index (χ2v) is 5.46. The van der Waals surface area contributed by atoms with Crippen molar-refractivity contribution >= 4 is 17.5 Å². The average Bonchev–Trinajstić information content (AvgIpc) is 2.54. The molecule has 0 spiro atoms. The van der Waals surface area contributed by atoms with Crippen molar-refractivity contribution in [2.24, 2.45) is 0 Å². The maximum absolute atomic E-state index is 12.7. The Hall–Kier alpha value is -2.11. The van der Waals surface area contributed by atoms with Gasteiger partial charge < -0.3 is 15.2 Å². The highest BCUT2D eigenvalue weighted by Gasteiger charge is 2.09. The van der Waals surface area contributed by atoms with Crippen molar-refractivity contribution in [3.8, 4) is 5.75 Å². The molecule has 122 valence electrons. The number of benzene rings is 2. The van der Waals surface area contributed by atoms with Crippen LogP contribution in [0.1, 0.15) is 5.56 Å². The van der Waals surface area contributed by atoms with Crippen LogP contribution in [0.2, 0.25) is 5.02 Å². The van der Waals surface area contributed by atoms with Gasteiger partial charge in [0, 0.05) is 11.6 Å². The second-order valence-electron chi connectivity index (χ2n) is 5.03. The standard InChI is InChI=1S/C17H17ClFNO3/c18-13-3-1-12(2-4-13)9-17(22)20-10-15(21)11-23-16-7-5-14(19)6-8-16/h1-8,15,21H,9-11H2,(H,20,22). The molecule has 0 aliphatic rings. The molecule has 0 saturated heterocycles. The predicted molar refractivity (Wildman–Crippen MR) is 86.1 cm³/mol. The van der Waals surface area contributed by atoms with E-state index in [-0.39, 0.29) is 31.3 Å². The van der Waals surface area contributed by atoms with Gasteiger partial charge in [-0.25, -0.2) is 4.39 Å². The van der Waals surface area contributed by atoms with E-state index in [9.17, 15) is 14.3 Å². The first-order valence-corrected chi connectivity index (χ1v) is 7.48. The van der Waals surface area contributed by atoms with E-state index in [0.717, 1.165) is 5.56 Å². The topological polar surface area (TPSA) is 58.6 Å². The molecular formula is C17H17ClFNO3. The molecule has 1 amide bonds. The third kappa shape index (κ3) is 6.26. The number of amides is 1. The van der Waals surface area contributed by atoms with Crippen LogP contribution in [-0.2, 0) is 11.2 Å². The van der Waals surface area contributed by atoms with Crippen LogP contribution < -0.4 is 10.1 Å². The molecule has 2 aromatic rings. The molecule has 0 heterocycles. The molecule has 1 atom stereocenters. The van der Waals surface area contributed by atoms with Gasteiger partial charge in [0.05, 0.1) is 6.42 Å². The summed E-state index contributed by atoms with van der Waals surface area (Å²) in [5.74, 6) is -0.0987. The fraction of sp³-hybridized carbons (Fsp3) is 0.235. The Kier molecular flexibility index (Phi) is 6.38. The summed E-state index contributed by atoms with van der Waals surface area (Å²) in [6.45, 7) is 0.0838. The van der Waals surface area contributed by atoms with E-state index >= 15 is 0 Å². The van der Waals surface area contributed by atoms with Crippen LogP contribution in [0.15, 0.2) is 48.5 Å². The zero-order valence-corrected chi connectivity index (χ0v) is 13.1. The first-order chi connectivity index (χ1) is 11.0. The van der Waals surface area contributed by atoms with Crippen molar-refractivity contribution in [1.29, 1.82) is 0 Å². The van der Waals surface area contributed by atoms with E-state index in [2.05, 4.69) is 5.32 Å². The Morgan fingerprint density at radius 3 is 2.48 bits per heavy atom. The van der Waals surface area contributed by atoms with Crippen molar-refractivity contribution in [3.63, 3.8) is 0 Å². The van der Waals surface area contributed by atoms with E-state index in [1.165, 1.54) is 24.3 Å². The van der Waals surface area contributed by atoms with Gasteiger partial charge in [0.2, 0.25) is 5.91 Å². The monoisotopic (exact) mass is 337 g/mol. The summed E-state index contributed by atoms with van der Waals surface area (Å²) in [5.41, 5.74) is 0.837. The van der Waals surface area contributed by atoms with Crippen LogP contribution in [0, 0.1) is 5.82 Å². The summed E-state index contributed by atoms with van der Waals surface area (Å²) in [6, 6.07) is 12.5. The van der Waals surface area contributed by atoms with Gasteiger partial charge in [-0.1, -0.05) is 23.7 Å². The van der Waals surface area contributed by atoms with E-state index in [4.69, 9.17) is 16.3 Å². The first kappa shape index (κ1) is 17.2. The van der Waals surface area contributed by atoms with E-state index in [0.29, 0.717) is 10.8 Å². The molecule has 2 N–H and O–H groups in total. The normalized spacial score (nSPS) is 11.8. The number of ether oxygens (including phenoxy) is 1. The van der Waals surface area contributed by atoms with Gasteiger partial charge in [-0.3, -0.25) is 4.79 Å². The SMILES string of the molecule is O=C(Cc1ccc(Cl)cc1)NCC(O)COc1ccc(F)cc1. The van der Waals surface area contributed by atoms with Crippen LogP contribution in [0.25, 0.3) is 0 Å². The number of nitrogens with one attached hydrogen (secondary N) is 1. The number of halogens is 2. The molecule has 0 aromatic heterocycles. The van der Waals surface area contributed by atoms with Crippen LogP contribution in [0.5, 0.6) is 5.75 Å². The van der Waals surface area contributed by atoms with Crippen molar-refractivity contribution < 1.29 is 19.0 Å². The zero-order valence-electron chi connectivity index (χ0n) is 12.3. The van der Waals surface area contributed by atoms with Gasteiger partial charge in [0.1, 0.15) is 24.3 Å². The van der Waals surface area contributed by atoms with Crippen molar-refractivity contribution in [2.75, 3.05) is 13.2 Å². The molecule has 2 aromatic carbocycles. The minimum atomic E-state index is -0.853. The molecule has 2 rings (SSSR count). The largest absolute Gasteiger partial charge is 0.491 e. The maximum atomic E-state index is 12.7. The summed E-state index contributed by atoms with van der Waals surface area (Å²) in [5, 5.41) is 13.0. The number of aliphatic hydroxyl groups is 1. The third-order valence-electron chi connectivity index (χ3n) is 3.07. The molecule has 0 saturated carbocycles. The van der Waals surface area contributed by atoms with Gasteiger partial charge in [-0.2, -0.15) is 0 Å². The molecule has 0 radical (unpaired) electrons. The predicted octanol–water partition coefficient (Wildman–Crippen LogP) is 2.58. The highest BCUT2D eigenvalue weighted by Crippen LogP contribution is 2.11. The Morgan fingerprint density at radius 2 is 1.83 bits per heavy atom. The fourth-order valence-corrected chi connectivity index (χ4v) is 1.99. The number of hydrogen-bond donors (Lipinski definition) is 2. The van der Waals surface area contributed by atoms with Gasteiger partial charge in [-0.05, 0) is 42.0 Å². The lowest BCUT2D eigenvalue weighted by Crippen LogP contribution is -2.36. The van der Waals surface area contributed by atoms with Crippen molar-refractivity contribution in [2.45, 2.75) is 12.5 Å². The molecule has 6 heteroatoms. The third-order valence-corrected chi connectivity index (χ3v) is 3.32. The first-order valence-electron chi connectivity index (χ1n) is 7.10. The quantitative estimate of drug-likeness (QED) is 0.816. The molecule has 0 fully saturated rings. The highest BCUT2D eigenvalue weighted by molar-refractivity contribution is 6.30. The average molecular weight is 338 g/mol. The Balaban J connectivity index is 1.69. The summed E-state index contributed by atoms with van der Waals surface area (Å²) in [7, 11) is 0. The summed E-state index contributed by atoms with van der Waals surface area (Å²) in [4.78, 5) is 11.8. The van der Waals surface area contributed by atoms with Gasteiger partial charge in [0.15, 0.2) is 0 Å². The number of rotatable bonds is 7. The fourth-order valence-electron chi connectivity index (χ4n) is 1.86. The lowest BCUT2D eigenvalue weighted by molar-refractivity contribution is -0.121. The molecular weight excluding hydrogens is 321 g/mol. The lowest BCUT2D eigenvalue weighted by atomic mass is 10.1.